The zero-order valence-corrected chi connectivity index (χ0v) is 7.43. The summed E-state index contributed by atoms with van der Waals surface area (Å²) in [5, 5.41) is 0. The van der Waals surface area contributed by atoms with Crippen LogP contribution in [0.2, 0.25) is 0 Å². The quantitative estimate of drug-likeness (QED) is 0.662. The van der Waals surface area contributed by atoms with Gasteiger partial charge in [0.25, 0.3) is 0 Å². The first-order valence-corrected chi connectivity index (χ1v) is 4.27. The Morgan fingerprint density at radius 2 is 2.30 bits per heavy atom. The topological polar surface area (TPSA) is 9.23 Å². The first-order valence-electron chi connectivity index (χ1n) is 3.26. The minimum atomic E-state index is 0.852. The molecule has 0 aliphatic carbocycles. The second-order valence-corrected chi connectivity index (χ2v) is 3.50. The number of rotatable bonds is 0. The van der Waals surface area contributed by atoms with Crippen LogP contribution in [0.4, 0.5) is 0 Å². The van der Waals surface area contributed by atoms with Crippen LogP contribution in [0.1, 0.15) is 5.56 Å². The zero-order valence-electron chi connectivity index (χ0n) is 5.41. The number of ether oxygens (including phenoxy) is 1. The molecule has 53 valence electrons. The molecule has 1 aliphatic rings. The van der Waals surface area contributed by atoms with Crippen LogP contribution >= 0.6 is 0 Å². The van der Waals surface area contributed by atoms with Crippen LogP contribution in [0, 0.1) is 46.5 Å². The molecular formula is C8H7OXe. The molecule has 0 unspecified atom stereocenters. The predicted octanol–water partition coefficient (Wildman–Crippen LogP) is 0.796. The monoisotopic (exact) mass is 251 g/mol. The van der Waals surface area contributed by atoms with Gasteiger partial charge in [-0.05, 0) is 0 Å². The van der Waals surface area contributed by atoms with E-state index < -0.39 is 0 Å². The average Bonchev–Trinajstić information content (AvgIpc) is 2.33. The number of hydrogen-bond donors (Lipinski definition) is 0. The molecule has 0 fully saturated rings. The fourth-order valence-corrected chi connectivity index (χ4v) is 1.67. The molecule has 0 bridgehead atoms. The van der Waals surface area contributed by atoms with Gasteiger partial charge in [0, 0.05) is 0 Å². The molecule has 0 aromatic heterocycles. The van der Waals surface area contributed by atoms with Crippen molar-refractivity contribution in [2.75, 3.05) is 6.61 Å². The third kappa shape index (κ3) is 1.29. The van der Waals surface area contributed by atoms with Crippen molar-refractivity contribution in [3.63, 3.8) is 0 Å². The molecule has 2 heteroatoms. The Kier molecular flexibility index (Phi) is 2.11. The molecule has 1 heterocycles. The maximum absolute atomic E-state index is 5.35. The van der Waals surface area contributed by atoms with E-state index in [4.69, 9.17) is 4.74 Å². The van der Waals surface area contributed by atoms with E-state index in [-0.39, 0.29) is 0 Å². The molecule has 0 spiro atoms. The summed E-state index contributed by atoms with van der Waals surface area (Å²) in [6.45, 7) is 0.852. The normalized spacial score (nSPS) is 14.5. The molecule has 1 nitrogen and oxygen atoms in total. The summed E-state index contributed by atoms with van der Waals surface area (Å²) in [6.07, 6.45) is 1.07. The van der Waals surface area contributed by atoms with E-state index in [9.17, 15) is 0 Å². The van der Waals surface area contributed by atoms with E-state index in [1.165, 1.54) is 5.59 Å². The summed E-state index contributed by atoms with van der Waals surface area (Å²) in [6, 6.07) is 6.26. The Hall–Kier alpha value is 0.591. The molecule has 0 N–H and O–H groups in total. The van der Waals surface area contributed by atoms with E-state index in [1.54, 1.807) is 0 Å². The Labute approximate surface area is 92.5 Å². The second kappa shape index (κ2) is 2.91. The zero-order chi connectivity index (χ0) is 6.97. The fourth-order valence-electron chi connectivity index (χ4n) is 1.15. The Bertz CT molecular complexity index is 257. The first-order chi connectivity index (χ1) is 4.86. The van der Waals surface area contributed by atoms with Crippen molar-refractivity contribution in [3.8, 4) is 5.75 Å². The predicted molar refractivity (Wildman–Crippen MR) is 35.3 cm³/mol. The Balaban J connectivity index is 2.52. The van der Waals surface area contributed by atoms with Crippen molar-refractivity contribution in [2.45, 2.75) is 6.42 Å². The van der Waals surface area contributed by atoms with E-state index in [0.717, 1.165) is 18.8 Å². The van der Waals surface area contributed by atoms with Gasteiger partial charge in [-0.25, -0.2) is 0 Å². The summed E-state index contributed by atoms with van der Waals surface area (Å²) in [5.74, 6) is 1.06. The average molecular weight is 250 g/mol. The van der Waals surface area contributed by atoms with Crippen LogP contribution < -0.4 is 4.77 Å². The van der Waals surface area contributed by atoms with Gasteiger partial charge in [-0.3, -0.25) is 0 Å². The molecule has 0 saturated carbocycles. The van der Waals surface area contributed by atoms with Crippen LogP contribution in [0.5, 0.6) is 5.75 Å². The molecule has 1 radical (unpaired) electrons. The van der Waals surface area contributed by atoms with Gasteiger partial charge in [0.15, 0.2) is 0 Å². The van der Waals surface area contributed by atoms with Crippen molar-refractivity contribution in [3.05, 3.63) is 23.8 Å². The van der Waals surface area contributed by atoms with Crippen molar-refractivity contribution in [2.24, 2.45) is 0 Å². The number of fused-ring (bicyclic) bond motifs is 1. The van der Waals surface area contributed by atoms with Gasteiger partial charge in [0.2, 0.25) is 0 Å². The SMILES string of the molecule is [Xe]c1ccc2c(c1)CCO2. The van der Waals surface area contributed by atoms with Crippen LogP contribution in [-0.2, 0) is 6.42 Å². The third-order valence-electron chi connectivity index (χ3n) is 1.64. The Morgan fingerprint density at radius 3 is 3.20 bits per heavy atom. The van der Waals surface area contributed by atoms with Crippen molar-refractivity contribution in [1.82, 2.24) is 0 Å². The minimum absolute atomic E-state index is 0.852. The first kappa shape index (κ1) is 7.25. The van der Waals surface area contributed by atoms with E-state index >= 15 is 0 Å². The number of benzene rings is 1. The molecule has 2 rings (SSSR count). The van der Waals surface area contributed by atoms with Gasteiger partial charge in [0.05, 0.1) is 0 Å². The molecule has 0 saturated heterocycles. The fraction of sp³-hybridized carbons (Fsp3) is 0.250. The van der Waals surface area contributed by atoms with Crippen LogP contribution in [0.25, 0.3) is 0 Å². The van der Waals surface area contributed by atoms with Crippen LogP contribution in [0.15, 0.2) is 18.2 Å². The van der Waals surface area contributed by atoms with E-state index in [2.05, 4.69) is 58.7 Å². The van der Waals surface area contributed by atoms with Gasteiger partial charge in [0.1, 0.15) is 0 Å². The van der Waals surface area contributed by atoms with E-state index in [1.807, 2.05) is 6.07 Å². The van der Waals surface area contributed by atoms with Crippen molar-refractivity contribution >= 4 is 0.0314 Å². The molecule has 0 atom stereocenters. The summed E-state index contributed by atoms with van der Waals surface area (Å²) in [4.78, 5) is 0. The summed E-state index contributed by atoms with van der Waals surface area (Å²) < 4.78 is 6.60. The van der Waals surface area contributed by atoms with Gasteiger partial charge >= 0.3 is 93.8 Å². The molecule has 0 amide bonds. The maximum atomic E-state index is 5.35. The van der Waals surface area contributed by atoms with Crippen molar-refractivity contribution in [1.29, 1.82) is 0 Å². The van der Waals surface area contributed by atoms with E-state index in [0.29, 0.717) is 0 Å². The van der Waals surface area contributed by atoms with Crippen molar-refractivity contribution < 1.29 is 51.3 Å². The molecular weight excluding hydrogens is 243 g/mol. The third-order valence-corrected chi connectivity index (χ3v) is 2.27. The summed E-state index contributed by atoms with van der Waals surface area (Å²) in [5.41, 5.74) is 1.34. The molecule has 10 heavy (non-hydrogen) atoms. The van der Waals surface area contributed by atoms with Gasteiger partial charge in [-0.2, -0.15) is 0 Å². The molecule has 1 aliphatic heterocycles. The van der Waals surface area contributed by atoms with Crippen LogP contribution in [0.3, 0.4) is 0 Å². The van der Waals surface area contributed by atoms with Gasteiger partial charge in [-0.1, -0.05) is 0 Å². The standard InChI is InChI=1S/C8H7OXe/c10-7-1-2-8-6(5-7)3-4-9-8/h1-2,5H,3-4H2. The van der Waals surface area contributed by atoms with Gasteiger partial charge < -0.3 is 0 Å². The summed E-state index contributed by atoms with van der Waals surface area (Å²) >= 11 is 2.59. The number of hydrogen-bond acceptors (Lipinski definition) is 1. The summed E-state index contributed by atoms with van der Waals surface area (Å²) in [7, 11) is 0. The molecule has 1 aromatic carbocycles. The van der Waals surface area contributed by atoms with Crippen LogP contribution in [-0.4, -0.2) is 6.61 Å². The second-order valence-electron chi connectivity index (χ2n) is 2.34. The Morgan fingerprint density at radius 1 is 1.40 bits per heavy atom. The molecule has 1 aromatic rings. The van der Waals surface area contributed by atoms with Gasteiger partial charge in [-0.15, -0.1) is 0 Å².